The molecule has 25 heavy (non-hydrogen) atoms. The first-order chi connectivity index (χ1) is 11.7. The van der Waals surface area contributed by atoms with Gasteiger partial charge in [0.1, 0.15) is 17.6 Å². The van der Waals surface area contributed by atoms with E-state index in [0.29, 0.717) is 6.54 Å². The van der Waals surface area contributed by atoms with E-state index in [9.17, 15) is 14.3 Å². The molecule has 1 aromatic carbocycles. The van der Waals surface area contributed by atoms with Crippen molar-refractivity contribution >= 4 is 5.97 Å². The molecule has 0 saturated carbocycles. The molecule has 0 spiro atoms. The fourth-order valence-corrected chi connectivity index (χ4v) is 2.82. The Labute approximate surface area is 146 Å². The second-order valence-corrected chi connectivity index (χ2v) is 6.39. The molecule has 1 atom stereocenters. The molecule has 2 rings (SSSR count). The van der Waals surface area contributed by atoms with Gasteiger partial charge in [-0.25, -0.2) is 4.39 Å². The highest BCUT2D eigenvalue weighted by molar-refractivity contribution is 5.77. The highest BCUT2D eigenvalue weighted by Crippen LogP contribution is 2.33. The highest BCUT2D eigenvalue weighted by Gasteiger charge is 2.31. The predicted molar refractivity (Wildman–Crippen MR) is 92.1 cm³/mol. The van der Waals surface area contributed by atoms with E-state index in [2.05, 4.69) is 10.2 Å². The maximum atomic E-state index is 14.5. The molecule has 0 bridgehead atoms. The standard InChI is InChI=1S/C18H24FN3O3/c1-10(2)25-15-8-6-7-14(19)16(15)17(18(23)24)22(5)9-13-11(3)20-21-12(13)4/h6-8,10,17H,9H2,1-5H3,(H,20,21)(H,23,24)/t17-/m1/s1. The van der Waals surface area contributed by atoms with Gasteiger partial charge >= 0.3 is 5.97 Å². The summed E-state index contributed by atoms with van der Waals surface area (Å²) >= 11 is 0. The minimum absolute atomic E-state index is 0.0324. The molecule has 2 N–H and O–H groups in total. The van der Waals surface area contributed by atoms with Gasteiger partial charge in [0.25, 0.3) is 0 Å². The fourth-order valence-electron chi connectivity index (χ4n) is 2.82. The van der Waals surface area contributed by atoms with Crippen LogP contribution >= 0.6 is 0 Å². The van der Waals surface area contributed by atoms with Crippen LogP contribution in [0.15, 0.2) is 18.2 Å². The van der Waals surface area contributed by atoms with E-state index in [-0.39, 0.29) is 17.4 Å². The lowest BCUT2D eigenvalue weighted by molar-refractivity contribution is -0.143. The number of carboxylic acids is 1. The molecule has 1 aromatic heterocycles. The third kappa shape index (κ3) is 4.17. The van der Waals surface area contributed by atoms with Gasteiger partial charge in [-0.05, 0) is 46.9 Å². The van der Waals surface area contributed by atoms with Crippen LogP contribution < -0.4 is 4.74 Å². The van der Waals surface area contributed by atoms with E-state index >= 15 is 0 Å². The number of rotatable bonds is 7. The van der Waals surface area contributed by atoms with E-state index in [1.807, 2.05) is 27.7 Å². The quantitative estimate of drug-likeness (QED) is 0.802. The molecule has 0 amide bonds. The summed E-state index contributed by atoms with van der Waals surface area (Å²) in [7, 11) is 1.65. The average molecular weight is 349 g/mol. The molecule has 0 unspecified atom stereocenters. The molecule has 0 fully saturated rings. The van der Waals surface area contributed by atoms with Crippen molar-refractivity contribution in [3.63, 3.8) is 0 Å². The summed E-state index contributed by atoms with van der Waals surface area (Å²) in [6, 6.07) is 3.18. The maximum absolute atomic E-state index is 14.5. The molecule has 0 aliphatic carbocycles. The summed E-state index contributed by atoms with van der Waals surface area (Å²) in [6.45, 7) is 7.66. The van der Waals surface area contributed by atoms with Crippen molar-refractivity contribution in [1.82, 2.24) is 15.1 Å². The zero-order valence-electron chi connectivity index (χ0n) is 15.1. The molecule has 2 aromatic rings. The van der Waals surface area contributed by atoms with Crippen molar-refractivity contribution in [3.8, 4) is 5.75 Å². The Morgan fingerprint density at radius 1 is 1.40 bits per heavy atom. The topological polar surface area (TPSA) is 78.5 Å². The molecule has 0 saturated heterocycles. The summed E-state index contributed by atoms with van der Waals surface area (Å²) in [5, 5.41) is 16.8. The number of aliphatic carboxylic acids is 1. The van der Waals surface area contributed by atoms with Crippen LogP contribution in [0.2, 0.25) is 0 Å². The lowest BCUT2D eigenvalue weighted by atomic mass is 10.0. The number of carboxylic acid groups (broad SMARTS) is 1. The van der Waals surface area contributed by atoms with E-state index in [1.165, 1.54) is 12.1 Å². The number of nitrogens with one attached hydrogen (secondary N) is 1. The molecule has 136 valence electrons. The zero-order valence-corrected chi connectivity index (χ0v) is 15.1. The van der Waals surface area contributed by atoms with Crippen molar-refractivity contribution in [1.29, 1.82) is 0 Å². The molecule has 6 nitrogen and oxygen atoms in total. The summed E-state index contributed by atoms with van der Waals surface area (Å²) < 4.78 is 20.2. The van der Waals surface area contributed by atoms with Crippen LogP contribution in [0.1, 0.15) is 42.4 Å². The summed E-state index contributed by atoms with van der Waals surface area (Å²) in [5.74, 6) is -1.49. The Balaban J connectivity index is 2.43. The number of aromatic amines is 1. The fraction of sp³-hybridized carbons (Fsp3) is 0.444. The lowest BCUT2D eigenvalue weighted by Crippen LogP contribution is -2.32. The maximum Gasteiger partial charge on any atom is 0.325 e. The van der Waals surface area contributed by atoms with Gasteiger partial charge < -0.3 is 9.84 Å². The minimum atomic E-state index is -1.18. The molecule has 0 aliphatic rings. The first-order valence-electron chi connectivity index (χ1n) is 8.11. The summed E-state index contributed by atoms with van der Waals surface area (Å²) in [5.41, 5.74) is 2.59. The Morgan fingerprint density at radius 2 is 2.08 bits per heavy atom. The number of hydrogen-bond donors (Lipinski definition) is 2. The van der Waals surface area contributed by atoms with E-state index in [0.717, 1.165) is 17.0 Å². The number of likely N-dealkylation sites (N-methyl/N-ethyl adjacent to an activating group) is 1. The van der Waals surface area contributed by atoms with Crippen LogP contribution in [0.25, 0.3) is 0 Å². The number of H-pyrrole nitrogens is 1. The van der Waals surface area contributed by atoms with Gasteiger partial charge in [0.15, 0.2) is 0 Å². The van der Waals surface area contributed by atoms with Gasteiger partial charge in [0.2, 0.25) is 0 Å². The lowest BCUT2D eigenvalue weighted by Gasteiger charge is -2.27. The van der Waals surface area contributed by atoms with Crippen molar-refractivity contribution in [2.75, 3.05) is 7.05 Å². The van der Waals surface area contributed by atoms with Crippen LogP contribution in [-0.2, 0) is 11.3 Å². The van der Waals surface area contributed by atoms with Crippen LogP contribution in [0.4, 0.5) is 4.39 Å². The van der Waals surface area contributed by atoms with Gasteiger partial charge in [0, 0.05) is 17.8 Å². The largest absolute Gasteiger partial charge is 0.491 e. The SMILES string of the molecule is Cc1n[nH]c(C)c1CN(C)[C@@H](C(=O)O)c1c(F)cccc1OC(C)C. The Bertz CT molecular complexity index is 739. The predicted octanol–water partition coefficient (Wildman–Crippen LogP) is 3.21. The van der Waals surface area contributed by atoms with Gasteiger partial charge in [0.05, 0.1) is 17.4 Å². The summed E-state index contributed by atoms with van der Waals surface area (Å²) in [6.07, 6.45) is -0.196. The van der Waals surface area contributed by atoms with E-state index in [4.69, 9.17) is 4.74 Å². The van der Waals surface area contributed by atoms with E-state index < -0.39 is 17.8 Å². The van der Waals surface area contributed by atoms with Gasteiger partial charge in [-0.3, -0.25) is 14.8 Å². The smallest absolute Gasteiger partial charge is 0.325 e. The van der Waals surface area contributed by atoms with Crippen molar-refractivity contribution in [2.24, 2.45) is 0 Å². The van der Waals surface area contributed by atoms with E-state index in [1.54, 1.807) is 18.0 Å². The Kier molecular flexibility index (Phi) is 5.79. The molecule has 0 radical (unpaired) electrons. The van der Waals surface area contributed by atoms with Gasteiger partial charge in [-0.2, -0.15) is 5.10 Å². The number of hydrogen-bond acceptors (Lipinski definition) is 4. The molecule has 0 aliphatic heterocycles. The third-order valence-corrected chi connectivity index (χ3v) is 4.01. The number of aromatic nitrogens is 2. The average Bonchev–Trinajstić information content (AvgIpc) is 2.81. The minimum Gasteiger partial charge on any atom is -0.491 e. The highest BCUT2D eigenvalue weighted by atomic mass is 19.1. The number of aryl methyl sites for hydroxylation is 2. The summed E-state index contributed by atoms with van der Waals surface area (Å²) in [4.78, 5) is 13.5. The third-order valence-electron chi connectivity index (χ3n) is 4.01. The molecular formula is C18H24FN3O3. The first kappa shape index (κ1) is 18.9. The van der Waals surface area contributed by atoms with Crippen LogP contribution in [0.3, 0.4) is 0 Å². The van der Waals surface area contributed by atoms with Crippen LogP contribution in [0.5, 0.6) is 5.75 Å². The normalized spacial score (nSPS) is 12.6. The molecule has 7 heteroatoms. The zero-order chi connectivity index (χ0) is 18.7. The monoisotopic (exact) mass is 349 g/mol. The van der Waals surface area contributed by atoms with Crippen LogP contribution in [-0.4, -0.2) is 39.3 Å². The number of benzene rings is 1. The second-order valence-electron chi connectivity index (χ2n) is 6.39. The number of carbonyl (C=O) groups is 1. The molecule has 1 heterocycles. The van der Waals surface area contributed by atoms with Crippen molar-refractivity contribution < 1.29 is 19.0 Å². The van der Waals surface area contributed by atoms with Crippen molar-refractivity contribution in [2.45, 2.75) is 46.4 Å². The number of halogens is 1. The molecular weight excluding hydrogens is 325 g/mol. The second kappa shape index (κ2) is 7.65. The Hall–Kier alpha value is -2.41. The van der Waals surface area contributed by atoms with Crippen LogP contribution in [0, 0.1) is 19.7 Å². The number of ether oxygens (including phenoxy) is 1. The van der Waals surface area contributed by atoms with Gasteiger partial charge in [-0.15, -0.1) is 0 Å². The Morgan fingerprint density at radius 3 is 2.60 bits per heavy atom. The van der Waals surface area contributed by atoms with Crippen molar-refractivity contribution in [3.05, 3.63) is 46.5 Å². The first-order valence-corrected chi connectivity index (χ1v) is 8.11. The number of nitrogens with zero attached hydrogens (tertiary/aromatic N) is 2. The van der Waals surface area contributed by atoms with Gasteiger partial charge in [-0.1, -0.05) is 6.07 Å².